The number of hydrogen-bond acceptors (Lipinski definition) is 7. The fraction of sp³-hybridized carbons (Fsp3) is 0.303. The highest BCUT2D eigenvalue weighted by molar-refractivity contribution is 6.40. The monoisotopic (exact) mass is 652 g/mol. The molecule has 2 amide bonds. The van der Waals surface area contributed by atoms with Gasteiger partial charge in [0.25, 0.3) is 0 Å². The lowest BCUT2D eigenvalue weighted by Gasteiger charge is -2.41. The zero-order valence-electron chi connectivity index (χ0n) is 24.7. The number of nitrogens with zero attached hydrogens (tertiary/aromatic N) is 2. The number of imidazole rings is 1. The first-order chi connectivity index (χ1) is 21.7. The Morgan fingerprint density at radius 2 is 1.76 bits per heavy atom. The number of nitrogens with one attached hydrogen (secondary N) is 2. The molecule has 1 aromatic heterocycles. The minimum atomic E-state index is -0.880. The number of carbonyl (C=O) groups excluding carboxylic acids is 2. The van der Waals surface area contributed by atoms with Gasteiger partial charge in [-0.2, -0.15) is 0 Å². The van der Waals surface area contributed by atoms with Crippen molar-refractivity contribution < 1.29 is 28.9 Å². The molecule has 45 heavy (non-hydrogen) atoms. The highest BCUT2D eigenvalue weighted by Crippen LogP contribution is 2.42. The van der Waals surface area contributed by atoms with Gasteiger partial charge in [0.2, 0.25) is 0 Å². The number of aliphatic hydroxyl groups excluding tert-OH is 1. The van der Waals surface area contributed by atoms with Gasteiger partial charge in [-0.25, -0.2) is 14.6 Å². The second kappa shape index (κ2) is 14.9. The standard InChI is InChI=1S/C33H34Cl2N4O6/c1-20-27(17-39-19-36-29(34)30(39)35)44-32(45-28(20)23-13-11-22(18-40)12-14-23)24-9-6-10-25(16-24)37-33(42)38-26(31(41)43-2)15-21-7-4-3-5-8-21/h3-14,16,19-20,26-28,32,40H,15,17-18H2,1-2H3,(H2,37,38,42). The van der Waals surface area contributed by atoms with Crippen LogP contribution in [0.3, 0.4) is 0 Å². The summed E-state index contributed by atoms with van der Waals surface area (Å²) < 4.78 is 19.7. The second-order valence-electron chi connectivity index (χ2n) is 10.8. The summed E-state index contributed by atoms with van der Waals surface area (Å²) >= 11 is 12.5. The number of benzene rings is 3. The summed E-state index contributed by atoms with van der Waals surface area (Å²) in [5.74, 6) is -0.658. The molecule has 5 unspecified atom stereocenters. The molecule has 0 aliphatic carbocycles. The third kappa shape index (κ3) is 8.02. The summed E-state index contributed by atoms with van der Waals surface area (Å²) in [6, 6.07) is 22.6. The van der Waals surface area contributed by atoms with Gasteiger partial charge in [0, 0.05) is 23.6 Å². The summed E-state index contributed by atoms with van der Waals surface area (Å²) in [5, 5.41) is 15.6. The van der Waals surface area contributed by atoms with Crippen molar-refractivity contribution in [3.05, 3.63) is 118 Å². The summed E-state index contributed by atoms with van der Waals surface area (Å²) in [6.45, 7) is 2.35. The molecule has 1 aliphatic heterocycles. The molecular formula is C33H34Cl2N4O6. The average molecular weight is 654 g/mol. The Kier molecular flexibility index (Phi) is 10.7. The van der Waals surface area contributed by atoms with Crippen molar-refractivity contribution in [2.75, 3.05) is 12.4 Å². The van der Waals surface area contributed by atoms with Crippen molar-refractivity contribution in [3.8, 4) is 0 Å². The molecule has 0 saturated carbocycles. The van der Waals surface area contributed by atoms with Gasteiger partial charge in [-0.15, -0.1) is 0 Å². The van der Waals surface area contributed by atoms with E-state index in [1.54, 1.807) is 29.1 Å². The largest absolute Gasteiger partial charge is 0.467 e. The number of halogens is 2. The number of aromatic nitrogens is 2. The Morgan fingerprint density at radius 1 is 1.00 bits per heavy atom. The maximum atomic E-state index is 13.0. The van der Waals surface area contributed by atoms with Crippen LogP contribution in [0.5, 0.6) is 0 Å². The van der Waals surface area contributed by atoms with Gasteiger partial charge in [0.1, 0.15) is 11.2 Å². The van der Waals surface area contributed by atoms with E-state index in [0.29, 0.717) is 22.9 Å². The Bertz CT molecular complexity index is 1600. The predicted octanol–water partition coefficient (Wildman–Crippen LogP) is 6.08. The first-order valence-electron chi connectivity index (χ1n) is 14.4. The number of amides is 2. The van der Waals surface area contributed by atoms with Crippen LogP contribution >= 0.6 is 23.2 Å². The van der Waals surface area contributed by atoms with Crippen molar-refractivity contribution in [1.29, 1.82) is 0 Å². The maximum Gasteiger partial charge on any atom is 0.328 e. The molecule has 0 spiro atoms. The number of methoxy groups -OCH3 is 1. The van der Waals surface area contributed by atoms with E-state index in [2.05, 4.69) is 15.6 Å². The van der Waals surface area contributed by atoms with Crippen LogP contribution in [0, 0.1) is 5.92 Å². The number of hydrogen-bond donors (Lipinski definition) is 3. The van der Waals surface area contributed by atoms with E-state index in [4.69, 9.17) is 37.4 Å². The van der Waals surface area contributed by atoms with Gasteiger partial charge in [0.05, 0.1) is 38.8 Å². The lowest BCUT2D eigenvalue weighted by Crippen LogP contribution is -2.45. The van der Waals surface area contributed by atoms with Gasteiger partial charge in [-0.3, -0.25) is 0 Å². The molecule has 3 aromatic carbocycles. The smallest absolute Gasteiger partial charge is 0.328 e. The molecule has 1 aliphatic rings. The number of esters is 1. The lowest BCUT2D eigenvalue weighted by atomic mass is 9.90. The molecule has 0 bridgehead atoms. The first-order valence-corrected chi connectivity index (χ1v) is 15.2. The van der Waals surface area contributed by atoms with Crippen molar-refractivity contribution in [2.45, 2.75) is 51.0 Å². The van der Waals surface area contributed by atoms with E-state index in [-0.39, 0.29) is 36.3 Å². The number of ether oxygens (including phenoxy) is 3. The third-order valence-electron chi connectivity index (χ3n) is 7.72. The lowest BCUT2D eigenvalue weighted by molar-refractivity contribution is -0.276. The molecule has 2 heterocycles. The zero-order valence-corrected chi connectivity index (χ0v) is 26.2. The number of aliphatic hydroxyl groups is 1. The van der Waals surface area contributed by atoms with E-state index in [1.807, 2.05) is 67.6 Å². The van der Waals surface area contributed by atoms with Gasteiger partial charge < -0.3 is 34.5 Å². The molecule has 1 saturated heterocycles. The van der Waals surface area contributed by atoms with Gasteiger partial charge in [-0.1, -0.05) is 96.9 Å². The number of urea groups is 1. The zero-order chi connectivity index (χ0) is 31.9. The van der Waals surface area contributed by atoms with Crippen molar-refractivity contribution in [2.24, 2.45) is 5.92 Å². The molecule has 236 valence electrons. The molecule has 10 nitrogen and oxygen atoms in total. The van der Waals surface area contributed by atoms with E-state index in [9.17, 15) is 14.7 Å². The quantitative estimate of drug-likeness (QED) is 0.177. The predicted molar refractivity (Wildman–Crippen MR) is 170 cm³/mol. The normalized spacial score (nSPS) is 20.3. The first kappa shape index (κ1) is 32.5. The van der Waals surface area contributed by atoms with Crippen LogP contribution in [0.15, 0.2) is 85.2 Å². The van der Waals surface area contributed by atoms with Crippen LogP contribution in [0.25, 0.3) is 0 Å². The van der Waals surface area contributed by atoms with Crippen LogP contribution in [-0.4, -0.2) is 45.9 Å². The molecular weight excluding hydrogens is 619 g/mol. The van der Waals surface area contributed by atoms with Crippen LogP contribution < -0.4 is 10.6 Å². The van der Waals surface area contributed by atoms with Gasteiger partial charge in [0.15, 0.2) is 11.4 Å². The van der Waals surface area contributed by atoms with Crippen molar-refractivity contribution >= 4 is 40.9 Å². The van der Waals surface area contributed by atoms with Crippen molar-refractivity contribution in [3.63, 3.8) is 0 Å². The third-order valence-corrected chi connectivity index (χ3v) is 8.49. The Morgan fingerprint density at radius 3 is 2.42 bits per heavy atom. The van der Waals surface area contributed by atoms with Crippen LogP contribution in [0.4, 0.5) is 10.5 Å². The molecule has 12 heteroatoms. The Hall–Kier alpha value is -3.93. The van der Waals surface area contributed by atoms with E-state index in [0.717, 1.165) is 16.7 Å². The highest BCUT2D eigenvalue weighted by atomic mass is 35.5. The fourth-order valence-corrected chi connectivity index (χ4v) is 5.58. The summed E-state index contributed by atoms with van der Waals surface area (Å²) in [5.41, 5.74) is 3.75. The van der Waals surface area contributed by atoms with Crippen molar-refractivity contribution in [1.82, 2.24) is 14.9 Å². The van der Waals surface area contributed by atoms with E-state index in [1.165, 1.54) is 7.11 Å². The Balaban J connectivity index is 1.35. The average Bonchev–Trinajstić information content (AvgIpc) is 3.37. The van der Waals surface area contributed by atoms with Gasteiger partial charge >= 0.3 is 12.0 Å². The van der Waals surface area contributed by atoms with Crippen LogP contribution in [0.2, 0.25) is 10.3 Å². The summed E-state index contributed by atoms with van der Waals surface area (Å²) in [7, 11) is 1.28. The molecule has 5 rings (SSSR count). The topological polar surface area (TPSA) is 124 Å². The molecule has 0 radical (unpaired) electrons. The summed E-state index contributed by atoms with van der Waals surface area (Å²) in [4.78, 5) is 29.5. The Labute approximate surface area is 271 Å². The number of carbonyl (C=O) groups is 2. The fourth-order valence-electron chi connectivity index (χ4n) is 5.27. The minimum absolute atomic E-state index is 0.0599. The molecule has 4 aromatic rings. The van der Waals surface area contributed by atoms with Gasteiger partial charge in [-0.05, 0) is 28.8 Å². The molecule has 3 N–H and O–H groups in total. The van der Waals surface area contributed by atoms with Crippen LogP contribution in [-0.2, 0) is 38.6 Å². The molecule has 5 atom stereocenters. The highest BCUT2D eigenvalue weighted by Gasteiger charge is 2.39. The summed E-state index contributed by atoms with van der Waals surface area (Å²) in [6.07, 6.45) is 0.332. The molecule has 1 fully saturated rings. The maximum absolute atomic E-state index is 13.0. The number of anilines is 1. The SMILES string of the molecule is COC(=O)C(Cc1ccccc1)NC(=O)Nc1cccc(C2OC(Cn3cnc(Cl)c3Cl)C(C)C(c3ccc(CO)cc3)O2)c1. The van der Waals surface area contributed by atoms with E-state index < -0.39 is 24.3 Å². The van der Waals surface area contributed by atoms with Crippen LogP contribution in [0.1, 0.15) is 41.6 Å². The minimum Gasteiger partial charge on any atom is -0.467 e. The van der Waals surface area contributed by atoms with E-state index >= 15 is 0 Å². The second-order valence-corrected chi connectivity index (χ2v) is 11.5. The number of rotatable bonds is 10.